The van der Waals surface area contributed by atoms with Crippen LogP contribution in [0.2, 0.25) is 0 Å². The van der Waals surface area contributed by atoms with Crippen molar-refractivity contribution in [2.75, 3.05) is 7.11 Å². The highest BCUT2D eigenvalue weighted by Gasteiger charge is 2.41. The van der Waals surface area contributed by atoms with Gasteiger partial charge >= 0.3 is 0 Å². The highest BCUT2D eigenvalue weighted by Crippen LogP contribution is 2.36. The Labute approximate surface area is 163 Å². The normalized spacial score (nSPS) is 25.6. The molecular weight excluding hydrogens is 336 g/mol. The lowest BCUT2D eigenvalue weighted by Gasteiger charge is -2.44. The third kappa shape index (κ3) is 5.00. The molecule has 0 amide bonds. The van der Waals surface area contributed by atoms with Gasteiger partial charge in [-0.3, -0.25) is 0 Å². The van der Waals surface area contributed by atoms with Crippen LogP contribution in [0.25, 0.3) is 6.08 Å². The van der Waals surface area contributed by atoms with Crippen LogP contribution < -0.4 is 4.74 Å². The third-order valence-corrected chi connectivity index (χ3v) is 5.56. The highest BCUT2D eigenvalue weighted by atomic mass is 16.6. The zero-order valence-electron chi connectivity index (χ0n) is 16.6. The molecule has 0 saturated carbocycles. The SMILES string of the molecule is CC[C@@]1(OCc2ccccc2)CC[C@H](/C=C/c2ccc(OC)cc2)O[C@H]1C. The Balaban J connectivity index is 1.58. The fraction of sp³-hybridized carbons (Fsp3) is 0.417. The fourth-order valence-electron chi connectivity index (χ4n) is 3.68. The second kappa shape index (κ2) is 9.20. The monoisotopic (exact) mass is 366 g/mol. The van der Waals surface area contributed by atoms with Crippen molar-refractivity contribution in [1.29, 1.82) is 0 Å². The average molecular weight is 367 g/mol. The van der Waals surface area contributed by atoms with Crippen molar-refractivity contribution in [2.45, 2.75) is 57.5 Å². The quantitative estimate of drug-likeness (QED) is 0.634. The van der Waals surface area contributed by atoms with Crippen LogP contribution in [0.1, 0.15) is 44.2 Å². The predicted molar refractivity (Wildman–Crippen MR) is 110 cm³/mol. The highest BCUT2D eigenvalue weighted by molar-refractivity contribution is 5.51. The van der Waals surface area contributed by atoms with E-state index in [0.29, 0.717) is 6.61 Å². The van der Waals surface area contributed by atoms with E-state index in [4.69, 9.17) is 14.2 Å². The van der Waals surface area contributed by atoms with Crippen molar-refractivity contribution >= 4 is 6.08 Å². The molecule has 3 heteroatoms. The average Bonchev–Trinajstić information content (AvgIpc) is 2.73. The Hall–Kier alpha value is -2.10. The van der Waals surface area contributed by atoms with E-state index in [1.54, 1.807) is 7.11 Å². The molecular formula is C24H30O3. The first-order valence-electron chi connectivity index (χ1n) is 9.81. The van der Waals surface area contributed by atoms with Gasteiger partial charge < -0.3 is 14.2 Å². The Morgan fingerprint density at radius 3 is 2.48 bits per heavy atom. The van der Waals surface area contributed by atoms with Crippen LogP contribution in [0.4, 0.5) is 0 Å². The summed E-state index contributed by atoms with van der Waals surface area (Å²) in [7, 11) is 1.68. The molecule has 3 nitrogen and oxygen atoms in total. The van der Waals surface area contributed by atoms with Gasteiger partial charge in [0.25, 0.3) is 0 Å². The molecule has 144 valence electrons. The Bertz CT molecular complexity index is 723. The van der Waals surface area contributed by atoms with E-state index >= 15 is 0 Å². The minimum Gasteiger partial charge on any atom is -0.497 e. The van der Waals surface area contributed by atoms with E-state index in [1.165, 1.54) is 5.56 Å². The first-order chi connectivity index (χ1) is 13.1. The molecule has 1 fully saturated rings. The lowest BCUT2D eigenvalue weighted by atomic mass is 9.84. The molecule has 0 N–H and O–H groups in total. The largest absolute Gasteiger partial charge is 0.497 e. The van der Waals surface area contributed by atoms with Crippen LogP contribution in [0, 0.1) is 0 Å². The van der Waals surface area contributed by atoms with Gasteiger partial charge in [-0.1, -0.05) is 61.5 Å². The lowest BCUT2D eigenvalue weighted by Crippen LogP contribution is -2.49. The molecule has 1 saturated heterocycles. The van der Waals surface area contributed by atoms with Crippen LogP contribution in [0.15, 0.2) is 60.7 Å². The number of ether oxygens (including phenoxy) is 3. The number of hydrogen-bond donors (Lipinski definition) is 0. The maximum atomic E-state index is 6.39. The third-order valence-electron chi connectivity index (χ3n) is 5.56. The second-order valence-electron chi connectivity index (χ2n) is 7.18. The molecule has 0 bridgehead atoms. The summed E-state index contributed by atoms with van der Waals surface area (Å²) in [5.41, 5.74) is 2.15. The summed E-state index contributed by atoms with van der Waals surface area (Å²) in [6.07, 6.45) is 7.41. The number of rotatable bonds is 7. The minimum atomic E-state index is -0.208. The number of hydrogen-bond acceptors (Lipinski definition) is 3. The van der Waals surface area contributed by atoms with Crippen LogP contribution in [-0.4, -0.2) is 24.9 Å². The van der Waals surface area contributed by atoms with Gasteiger partial charge in [-0.2, -0.15) is 0 Å². The van der Waals surface area contributed by atoms with Crippen LogP contribution in [0.5, 0.6) is 5.75 Å². The van der Waals surface area contributed by atoms with E-state index in [1.807, 2.05) is 18.2 Å². The second-order valence-corrected chi connectivity index (χ2v) is 7.18. The molecule has 3 rings (SSSR count). The Morgan fingerprint density at radius 1 is 1.11 bits per heavy atom. The summed E-state index contributed by atoms with van der Waals surface area (Å²) >= 11 is 0. The number of benzene rings is 2. The molecule has 1 heterocycles. The lowest BCUT2D eigenvalue weighted by molar-refractivity contribution is -0.192. The van der Waals surface area contributed by atoms with Gasteiger partial charge in [0.1, 0.15) is 5.75 Å². The van der Waals surface area contributed by atoms with E-state index in [2.05, 4.69) is 62.4 Å². The van der Waals surface area contributed by atoms with Gasteiger partial charge in [0.15, 0.2) is 0 Å². The molecule has 0 radical (unpaired) electrons. The molecule has 3 atom stereocenters. The van der Waals surface area contributed by atoms with Crippen LogP contribution in [-0.2, 0) is 16.1 Å². The van der Waals surface area contributed by atoms with Gasteiger partial charge in [-0.25, -0.2) is 0 Å². The summed E-state index contributed by atoms with van der Waals surface area (Å²) in [5, 5.41) is 0. The predicted octanol–water partition coefficient (Wildman–Crippen LogP) is 5.64. The smallest absolute Gasteiger partial charge is 0.118 e. The zero-order valence-corrected chi connectivity index (χ0v) is 16.6. The van der Waals surface area contributed by atoms with Crippen molar-refractivity contribution < 1.29 is 14.2 Å². The summed E-state index contributed by atoms with van der Waals surface area (Å²) in [4.78, 5) is 0. The molecule has 0 aromatic heterocycles. The van der Waals surface area contributed by atoms with Gasteiger partial charge in [0.2, 0.25) is 0 Å². The summed E-state index contributed by atoms with van der Waals surface area (Å²) in [5.74, 6) is 0.873. The molecule has 1 aliphatic heterocycles. The molecule has 0 unspecified atom stereocenters. The fourth-order valence-corrected chi connectivity index (χ4v) is 3.68. The first-order valence-corrected chi connectivity index (χ1v) is 9.81. The summed E-state index contributed by atoms with van der Waals surface area (Å²) in [6.45, 7) is 4.97. The van der Waals surface area contributed by atoms with Crippen molar-refractivity contribution in [3.63, 3.8) is 0 Å². The van der Waals surface area contributed by atoms with Gasteiger partial charge in [0.05, 0.1) is 31.5 Å². The topological polar surface area (TPSA) is 27.7 Å². The number of methoxy groups -OCH3 is 1. The zero-order chi connectivity index (χ0) is 19.1. The van der Waals surface area contributed by atoms with Gasteiger partial charge in [-0.15, -0.1) is 0 Å². The van der Waals surface area contributed by atoms with E-state index in [0.717, 1.165) is 30.6 Å². The van der Waals surface area contributed by atoms with Crippen LogP contribution in [0.3, 0.4) is 0 Å². The van der Waals surface area contributed by atoms with Gasteiger partial charge in [-0.05, 0) is 49.4 Å². The van der Waals surface area contributed by atoms with Crippen molar-refractivity contribution in [3.05, 3.63) is 71.8 Å². The molecule has 0 aliphatic carbocycles. The van der Waals surface area contributed by atoms with Crippen molar-refractivity contribution in [3.8, 4) is 5.75 Å². The maximum Gasteiger partial charge on any atom is 0.118 e. The first kappa shape index (κ1) is 19.7. The Morgan fingerprint density at radius 2 is 1.85 bits per heavy atom. The van der Waals surface area contributed by atoms with E-state index < -0.39 is 0 Å². The van der Waals surface area contributed by atoms with Gasteiger partial charge in [0, 0.05) is 0 Å². The molecule has 1 aliphatic rings. The molecule has 2 aromatic carbocycles. The molecule has 2 aromatic rings. The summed E-state index contributed by atoms with van der Waals surface area (Å²) < 4.78 is 17.9. The maximum absolute atomic E-state index is 6.39. The Kier molecular flexibility index (Phi) is 6.70. The standard InChI is InChI=1S/C24H30O3/c1-4-24(26-18-21-8-6-5-7-9-21)17-16-23(27-19(24)2)15-12-20-10-13-22(25-3)14-11-20/h5-15,19,23H,4,16-18H2,1-3H3/b15-12+/t19-,23-,24+/m0/s1. The van der Waals surface area contributed by atoms with E-state index in [9.17, 15) is 0 Å². The van der Waals surface area contributed by atoms with E-state index in [-0.39, 0.29) is 17.8 Å². The minimum absolute atomic E-state index is 0.0606. The van der Waals surface area contributed by atoms with Crippen molar-refractivity contribution in [2.24, 2.45) is 0 Å². The van der Waals surface area contributed by atoms with Crippen molar-refractivity contribution in [1.82, 2.24) is 0 Å². The van der Waals surface area contributed by atoms with Crippen LogP contribution >= 0.6 is 0 Å². The molecule has 0 spiro atoms. The summed E-state index contributed by atoms with van der Waals surface area (Å²) in [6, 6.07) is 18.4. The molecule has 27 heavy (non-hydrogen) atoms.